The molecule has 0 atom stereocenters. The molecule has 0 heterocycles. The first-order valence-corrected chi connectivity index (χ1v) is 9.06. The van der Waals surface area contributed by atoms with Gasteiger partial charge in [-0.15, -0.1) is 0 Å². The van der Waals surface area contributed by atoms with Gasteiger partial charge in [0.05, 0.1) is 5.76 Å². The number of aliphatic carboxylic acids is 1. The minimum Gasteiger partial charge on any atom is -0.513 e. The van der Waals surface area contributed by atoms with Crippen LogP contribution in [-0.2, 0) is 4.79 Å². The van der Waals surface area contributed by atoms with Crippen molar-refractivity contribution >= 4 is 5.97 Å². The Hall–Kier alpha value is -1.51. The lowest BCUT2D eigenvalue weighted by atomic mass is 10.1. The molecule has 0 fully saturated rings. The van der Waals surface area contributed by atoms with Crippen LogP contribution in [0.5, 0.6) is 0 Å². The third-order valence-corrected chi connectivity index (χ3v) is 3.64. The van der Waals surface area contributed by atoms with Crippen molar-refractivity contribution in [2.45, 2.75) is 84.0 Å². The van der Waals surface area contributed by atoms with E-state index in [0.717, 1.165) is 57.8 Å². The molecule has 3 nitrogen and oxygen atoms in total. The Morgan fingerprint density at radius 1 is 0.783 bits per heavy atom. The van der Waals surface area contributed by atoms with Crippen molar-refractivity contribution in [2.24, 2.45) is 0 Å². The summed E-state index contributed by atoms with van der Waals surface area (Å²) in [5.74, 6) is -0.178. The Bertz CT molecular complexity index is 367. The summed E-state index contributed by atoms with van der Waals surface area (Å²) in [5.41, 5.74) is 0. The zero-order valence-electron chi connectivity index (χ0n) is 14.7. The zero-order valence-corrected chi connectivity index (χ0v) is 14.7. The molecular weight excluding hydrogens is 288 g/mol. The van der Waals surface area contributed by atoms with Gasteiger partial charge in [0.2, 0.25) is 0 Å². The average molecular weight is 322 g/mol. The first kappa shape index (κ1) is 21.5. The lowest BCUT2D eigenvalue weighted by Crippen LogP contribution is -1.93. The van der Waals surface area contributed by atoms with Gasteiger partial charge in [0.1, 0.15) is 0 Å². The fourth-order valence-electron chi connectivity index (χ4n) is 2.24. The lowest BCUT2D eigenvalue weighted by molar-refractivity contribution is -0.137. The standard InChI is InChI=1S/C20H34O3/c1-2-3-13-16-19(21)17-14-11-9-7-5-4-6-8-10-12-15-18-20(22)23/h4-5,9,11,17,21H,2-3,6-8,10,12-16,18H2,1H3,(H,22,23)/b5-4-,11-9-,19-17-. The zero-order chi connectivity index (χ0) is 17.2. The molecule has 0 saturated carbocycles. The lowest BCUT2D eigenvalue weighted by Gasteiger charge is -1.97. The van der Waals surface area contributed by atoms with Crippen LogP contribution in [0.4, 0.5) is 0 Å². The molecule has 0 aliphatic carbocycles. The number of allylic oxidation sites excluding steroid dienone is 6. The molecule has 0 radical (unpaired) electrons. The maximum Gasteiger partial charge on any atom is 0.303 e. The van der Waals surface area contributed by atoms with Crippen molar-refractivity contribution in [2.75, 3.05) is 0 Å². The van der Waals surface area contributed by atoms with Crippen LogP contribution in [0.25, 0.3) is 0 Å². The second kappa shape index (κ2) is 16.9. The molecule has 0 saturated heterocycles. The van der Waals surface area contributed by atoms with E-state index in [2.05, 4.69) is 31.2 Å². The molecule has 0 spiro atoms. The molecule has 0 aromatic carbocycles. The average Bonchev–Trinajstić information content (AvgIpc) is 2.51. The van der Waals surface area contributed by atoms with E-state index in [1.165, 1.54) is 12.8 Å². The van der Waals surface area contributed by atoms with Gasteiger partial charge in [-0.2, -0.15) is 0 Å². The van der Waals surface area contributed by atoms with Crippen molar-refractivity contribution in [3.05, 3.63) is 36.1 Å². The summed E-state index contributed by atoms with van der Waals surface area (Å²) in [4.78, 5) is 10.3. The van der Waals surface area contributed by atoms with Gasteiger partial charge in [-0.1, -0.05) is 56.9 Å². The minimum absolute atomic E-state index is 0.295. The summed E-state index contributed by atoms with van der Waals surface area (Å²) in [5, 5.41) is 18.2. The van der Waals surface area contributed by atoms with Gasteiger partial charge in [0.25, 0.3) is 0 Å². The molecule has 132 valence electrons. The molecule has 0 unspecified atom stereocenters. The predicted molar refractivity (Wildman–Crippen MR) is 97.7 cm³/mol. The van der Waals surface area contributed by atoms with Gasteiger partial charge >= 0.3 is 5.97 Å². The number of hydrogen-bond acceptors (Lipinski definition) is 2. The van der Waals surface area contributed by atoms with Gasteiger partial charge in [-0.3, -0.25) is 4.79 Å². The molecule has 0 rings (SSSR count). The van der Waals surface area contributed by atoms with Crippen molar-refractivity contribution < 1.29 is 15.0 Å². The Labute approximate surface area is 141 Å². The predicted octanol–water partition coefficient (Wildman–Crippen LogP) is 6.33. The fourth-order valence-corrected chi connectivity index (χ4v) is 2.24. The molecule has 23 heavy (non-hydrogen) atoms. The first-order chi connectivity index (χ1) is 11.2. The second-order valence-corrected chi connectivity index (χ2v) is 5.91. The quantitative estimate of drug-likeness (QED) is 0.210. The highest BCUT2D eigenvalue weighted by molar-refractivity contribution is 5.66. The smallest absolute Gasteiger partial charge is 0.303 e. The van der Waals surface area contributed by atoms with Crippen LogP contribution in [-0.4, -0.2) is 16.2 Å². The molecule has 0 bridgehead atoms. The molecule has 2 N–H and O–H groups in total. The van der Waals surface area contributed by atoms with Crippen LogP contribution in [0, 0.1) is 0 Å². The number of hydrogen-bond donors (Lipinski definition) is 2. The Morgan fingerprint density at radius 2 is 1.43 bits per heavy atom. The van der Waals surface area contributed by atoms with Crippen LogP contribution in [0.15, 0.2) is 36.1 Å². The monoisotopic (exact) mass is 322 g/mol. The number of unbranched alkanes of at least 4 members (excludes halogenated alkanes) is 6. The van der Waals surface area contributed by atoms with Crippen LogP contribution >= 0.6 is 0 Å². The number of carboxylic acids is 1. The van der Waals surface area contributed by atoms with E-state index in [1.807, 2.05) is 6.08 Å². The molecule has 0 amide bonds. The Kier molecular flexibility index (Phi) is 15.7. The molecule has 0 aromatic heterocycles. The van der Waals surface area contributed by atoms with Gasteiger partial charge < -0.3 is 10.2 Å². The largest absolute Gasteiger partial charge is 0.513 e. The maximum atomic E-state index is 10.3. The van der Waals surface area contributed by atoms with Gasteiger partial charge in [-0.25, -0.2) is 0 Å². The number of carboxylic acid groups (broad SMARTS) is 1. The third-order valence-electron chi connectivity index (χ3n) is 3.64. The highest BCUT2D eigenvalue weighted by Crippen LogP contribution is 2.08. The van der Waals surface area contributed by atoms with Gasteiger partial charge in [0, 0.05) is 12.8 Å². The first-order valence-electron chi connectivity index (χ1n) is 9.06. The summed E-state index contributed by atoms with van der Waals surface area (Å²) in [6, 6.07) is 0. The molecule has 0 aromatic rings. The summed E-state index contributed by atoms with van der Waals surface area (Å²) >= 11 is 0. The van der Waals surface area contributed by atoms with Crippen LogP contribution in [0.3, 0.4) is 0 Å². The second-order valence-electron chi connectivity index (χ2n) is 5.91. The Morgan fingerprint density at radius 3 is 2.17 bits per heavy atom. The van der Waals surface area contributed by atoms with Crippen LogP contribution in [0.1, 0.15) is 84.0 Å². The van der Waals surface area contributed by atoms with Crippen molar-refractivity contribution in [3.63, 3.8) is 0 Å². The highest BCUT2D eigenvalue weighted by atomic mass is 16.4. The van der Waals surface area contributed by atoms with Crippen LogP contribution < -0.4 is 0 Å². The number of rotatable bonds is 15. The molecule has 3 heteroatoms. The molecule has 0 aliphatic rings. The summed E-state index contributed by atoms with van der Waals surface area (Å²) in [6.07, 6.45) is 21.8. The van der Waals surface area contributed by atoms with E-state index in [-0.39, 0.29) is 0 Å². The number of aliphatic hydroxyl groups is 1. The van der Waals surface area contributed by atoms with E-state index in [0.29, 0.717) is 12.2 Å². The van der Waals surface area contributed by atoms with E-state index in [4.69, 9.17) is 5.11 Å². The normalized spacial score (nSPS) is 12.5. The SMILES string of the molecule is CCCCC/C(O)=C/C/C=C\C/C=C\CCCCCCC(=O)O. The summed E-state index contributed by atoms with van der Waals surface area (Å²) in [7, 11) is 0. The van der Waals surface area contributed by atoms with Gasteiger partial charge in [-0.05, 0) is 44.6 Å². The number of aliphatic hydroxyl groups excluding tert-OH is 1. The van der Waals surface area contributed by atoms with Crippen LogP contribution in [0.2, 0.25) is 0 Å². The van der Waals surface area contributed by atoms with Gasteiger partial charge in [0.15, 0.2) is 0 Å². The summed E-state index contributed by atoms with van der Waals surface area (Å²) in [6.45, 7) is 2.16. The number of carbonyl (C=O) groups is 1. The van der Waals surface area contributed by atoms with E-state index >= 15 is 0 Å². The van der Waals surface area contributed by atoms with E-state index in [1.54, 1.807) is 0 Å². The fraction of sp³-hybridized carbons (Fsp3) is 0.650. The maximum absolute atomic E-state index is 10.3. The topological polar surface area (TPSA) is 57.5 Å². The minimum atomic E-state index is -0.694. The van der Waals surface area contributed by atoms with E-state index < -0.39 is 5.97 Å². The van der Waals surface area contributed by atoms with Crippen molar-refractivity contribution in [1.82, 2.24) is 0 Å². The van der Waals surface area contributed by atoms with Crippen molar-refractivity contribution in [3.8, 4) is 0 Å². The van der Waals surface area contributed by atoms with Crippen molar-refractivity contribution in [1.29, 1.82) is 0 Å². The highest BCUT2D eigenvalue weighted by Gasteiger charge is 1.95. The Balaban J connectivity index is 3.44. The third kappa shape index (κ3) is 18.4. The summed E-state index contributed by atoms with van der Waals surface area (Å²) < 4.78 is 0. The molecular formula is C20H34O3. The molecule has 0 aliphatic heterocycles. The van der Waals surface area contributed by atoms with E-state index in [9.17, 15) is 9.90 Å².